The molecule has 0 saturated heterocycles. The number of aliphatic hydroxyl groups excluding tert-OH is 1. The smallest absolute Gasteiger partial charge is 0.408 e. The van der Waals surface area contributed by atoms with Gasteiger partial charge in [0.05, 0.1) is 29.6 Å². The Morgan fingerprint density at radius 3 is 2.41 bits per heavy atom. The molecule has 2 heterocycles. The molecule has 1 saturated carbocycles. The van der Waals surface area contributed by atoms with E-state index in [1.54, 1.807) is 10.7 Å². The fourth-order valence-electron chi connectivity index (χ4n) is 5.53. The van der Waals surface area contributed by atoms with E-state index >= 15 is 0 Å². The molecule has 3 aromatic carbocycles. The molecule has 0 aliphatic heterocycles. The quantitative estimate of drug-likeness (QED) is 0.254. The van der Waals surface area contributed by atoms with Gasteiger partial charge in [0.1, 0.15) is 16.9 Å². The first-order valence-electron chi connectivity index (χ1n) is 13.9. The van der Waals surface area contributed by atoms with Crippen molar-refractivity contribution in [1.29, 1.82) is 0 Å². The Labute approximate surface area is 237 Å². The van der Waals surface area contributed by atoms with Gasteiger partial charge in [-0.1, -0.05) is 60.7 Å². The lowest BCUT2D eigenvalue weighted by atomic mass is 9.71. The van der Waals surface area contributed by atoms with Gasteiger partial charge in [0.25, 0.3) is 0 Å². The van der Waals surface area contributed by atoms with Gasteiger partial charge in [0.15, 0.2) is 5.58 Å². The summed E-state index contributed by atoms with van der Waals surface area (Å²) in [5, 5.41) is 18.3. The molecule has 1 fully saturated rings. The molecule has 5 aromatic rings. The zero-order valence-corrected chi connectivity index (χ0v) is 23.4. The molecule has 1 amide bonds. The summed E-state index contributed by atoms with van der Waals surface area (Å²) in [6.45, 7) is 5.85. The number of carbonyl (C=O) groups excluding carboxylic acids is 1. The van der Waals surface area contributed by atoms with E-state index in [1.165, 1.54) is 0 Å². The van der Waals surface area contributed by atoms with Crippen molar-refractivity contribution in [2.24, 2.45) is 0 Å². The highest BCUT2D eigenvalue weighted by molar-refractivity contribution is 6.03. The van der Waals surface area contributed by atoms with Crippen molar-refractivity contribution >= 4 is 28.0 Å². The first-order chi connectivity index (χ1) is 19.7. The molecule has 1 aliphatic carbocycles. The molecule has 8 nitrogen and oxygen atoms in total. The number of aliphatic hydroxyl groups is 1. The maximum absolute atomic E-state index is 14.1. The monoisotopic (exact) mass is 551 g/mol. The van der Waals surface area contributed by atoms with Crippen LogP contribution in [0.25, 0.3) is 44.3 Å². The van der Waals surface area contributed by atoms with E-state index < -0.39 is 17.2 Å². The van der Waals surface area contributed by atoms with Crippen LogP contribution in [0.2, 0.25) is 0 Å². The molecule has 8 heteroatoms. The van der Waals surface area contributed by atoms with Crippen molar-refractivity contribution in [3.8, 4) is 22.5 Å². The average molecular weight is 552 g/mol. The number of hydrogen-bond acceptors (Lipinski definition) is 6. The van der Waals surface area contributed by atoms with Gasteiger partial charge in [-0.05, 0) is 57.2 Å². The molecule has 0 spiro atoms. The molecule has 1 aliphatic rings. The highest BCUT2D eigenvalue weighted by Crippen LogP contribution is 2.42. The number of nitrogens with zero attached hydrogens (tertiary/aromatic N) is 2. The molecule has 0 bridgehead atoms. The molecule has 210 valence electrons. The van der Waals surface area contributed by atoms with Crippen LogP contribution in [0.3, 0.4) is 0 Å². The third-order valence-corrected chi connectivity index (χ3v) is 7.62. The molecule has 2 N–H and O–H groups in total. The summed E-state index contributed by atoms with van der Waals surface area (Å²) >= 11 is 0. The predicted molar refractivity (Wildman–Crippen MR) is 159 cm³/mol. The topological polar surface area (TPSA) is 107 Å². The molecule has 0 atom stereocenters. The van der Waals surface area contributed by atoms with Gasteiger partial charge in [-0.25, -0.2) is 4.79 Å². The zero-order valence-electron chi connectivity index (χ0n) is 23.4. The molecular weight excluding hydrogens is 518 g/mol. The number of alkyl carbamates (subject to hydrolysis) is 1. The van der Waals surface area contributed by atoms with Crippen LogP contribution in [0, 0.1) is 0 Å². The van der Waals surface area contributed by atoms with E-state index in [1.807, 2.05) is 87.6 Å². The van der Waals surface area contributed by atoms with Gasteiger partial charge in [-0.15, -0.1) is 0 Å². The van der Waals surface area contributed by atoms with Crippen LogP contribution in [0.5, 0.6) is 0 Å². The highest BCUT2D eigenvalue weighted by Gasteiger charge is 2.41. The van der Waals surface area contributed by atoms with E-state index in [2.05, 4.69) is 10.4 Å². The number of amides is 1. The van der Waals surface area contributed by atoms with Crippen molar-refractivity contribution in [3.05, 3.63) is 88.7 Å². The molecule has 41 heavy (non-hydrogen) atoms. The minimum absolute atomic E-state index is 0.0418. The number of nitrogens with one attached hydrogen (secondary N) is 1. The van der Waals surface area contributed by atoms with Gasteiger partial charge in [0.2, 0.25) is 5.43 Å². The Balaban J connectivity index is 1.46. The Kier molecular flexibility index (Phi) is 6.66. The van der Waals surface area contributed by atoms with Crippen molar-refractivity contribution < 1.29 is 19.1 Å². The first kappa shape index (κ1) is 26.8. The van der Waals surface area contributed by atoms with E-state index in [9.17, 15) is 14.7 Å². The Hall–Kier alpha value is -4.43. The third-order valence-electron chi connectivity index (χ3n) is 7.62. The van der Waals surface area contributed by atoms with Crippen LogP contribution in [0.4, 0.5) is 4.79 Å². The average Bonchev–Trinajstić information content (AvgIpc) is 3.34. The first-order valence-corrected chi connectivity index (χ1v) is 13.9. The standard InChI is InChI=1S/C33H33N3O5/c1-32(2,3)41-31(39)34-33(16-7-17-33)24-13-10-21(11-14-24)26-28(38)25-15-12-23-20-36(18-19-37)35-27(23)30(25)40-29(26)22-8-5-4-6-9-22/h4-6,8-15,20,37H,7,16-19H2,1-3H3,(H,34,39). The van der Waals surface area contributed by atoms with Gasteiger partial charge in [0, 0.05) is 17.1 Å². The summed E-state index contributed by atoms with van der Waals surface area (Å²) in [7, 11) is 0. The maximum atomic E-state index is 14.1. The number of aromatic nitrogens is 2. The summed E-state index contributed by atoms with van der Waals surface area (Å²) in [6, 6.07) is 21.0. The zero-order chi connectivity index (χ0) is 28.8. The summed E-state index contributed by atoms with van der Waals surface area (Å²) in [5.74, 6) is 0.463. The number of carbonyl (C=O) groups is 1. The fourth-order valence-corrected chi connectivity index (χ4v) is 5.53. The summed E-state index contributed by atoms with van der Waals surface area (Å²) in [5.41, 5.74) is 2.70. The Bertz CT molecular complexity index is 1790. The molecule has 6 rings (SSSR count). The van der Waals surface area contributed by atoms with Crippen molar-refractivity contribution in [1.82, 2.24) is 15.1 Å². The Morgan fingerprint density at radius 1 is 1.05 bits per heavy atom. The number of benzene rings is 3. The van der Waals surface area contributed by atoms with E-state index in [-0.39, 0.29) is 12.0 Å². The number of fused-ring (bicyclic) bond motifs is 3. The molecular formula is C33H33N3O5. The second-order valence-electron chi connectivity index (χ2n) is 11.6. The maximum Gasteiger partial charge on any atom is 0.408 e. The van der Waals surface area contributed by atoms with Crippen LogP contribution in [-0.2, 0) is 16.8 Å². The lowest BCUT2D eigenvalue weighted by Crippen LogP contribution is -2.52. The number of rotatable bonds is 6. The molecule has 0 radical (unpaired) electrons. The lowest BCUT2D eigenvalue weighted by molar-refractivity contribution is 0.0377. The fraction of sp³-hybridized carbons (Fsp3) is 0.303. The second-order valence-corrected chi connectivity index (χ2v) is 11.6. The molecule has 0 unspecified atom stereocenters. The summed E-state index contributed by atoms with van der Waals surface area (Å²) < 4.78 is 13.7. The van der Waals surface area contributed by atoms with E-state index in [0.29, 0.717) is 34.4 Å². The second kappa shape index (κ2) is 10.2. The largest absolute Gasteiger partial charge is 0.453 e. The normalized spacial score (nSPS) is 14.6. The SMILES string of the molecule is CC(C)(C)OC(=O)NC1(c2ccc(-c3c(-c4ccccc4)oc4c(ccc5cn(CCO)nc54)c3=O)cc2)CCC1. The van der Waals surface area contributed by atoms with Gasteiger partial charge >= 0.3 is 6.09 Å². The highest BCUT2D eigenvalue weighted by atomic mass is 16.6. The van der Waals surface area contributed by atoms with Crippen LogP contribution >= 0.6 is 0 Å². The van der Waals surface area contributed by atoms with Gasteiger partial charge in [-0.3, -0.25) is 9.48 Å². The molecule has 2 aromatic heterocycles. The summed E-state index contributed by atoms with van der Waals surface area (Å²) in [4.78, 5) is 26.7. The minimum Gasteiger partial charge on any atom is -0.453 e. The number of ether oxygens (including phenoxy) is 1. The third kappa shape index (κ3) is 5.00. The Morgan fingerprint density at radius 2 is 1.78 bits per heavy atom. The van der Waals surface area contributed by atoms with Gasteiger partial charge < -0.3 is 19.6 Å². The number of hydrogen-bond donors (Lipinski definition) is 2. The van der Waals surface area contributed by atoms with Crippen molar-refractivity contribution in [3.63, 3.8) is 0 Å². The van der Waals surface area contributed by atoms with Crippen LogP contribution < -0.4 is 10.7 Å². The summed E-state index contributed by atoms with van der Waals surface area (Å²) in [6.07, 6.45) is 4.04. The van der Waals surface area contributed by atoms with Gasteiger partial charge in [-0.2, -0.15) is 5.10 Å². The minimum atomic E-state index is -0.584. The van der Waals surface area contributed by atoms with Crippen molar-refractivity contribution in [2.45, 2.75) is 57.7 Å². The predicted octanol–water partition coefficient (Wildman–Crippen LogP) is 6.37. The van der Waals surface area contributed by atoms with Crippen molar-refractivity contribution in [2.75, 3.05) is 6.61 Å². The van der Waals surface area contributed by atoms with Crippen LogP contribution in [0.1, 0.15) is 45.6 Å². The van der Waals surface area contributed by atoms with E-state index in [0.717, 1.165) is 41.3 Å². The van der Waals surface area contributed by atoms with E-state index in [4.69, 9.17) is 9.15 Å². The van der Waals surface area contributed by atoms with Crippen LogP contribution in [0.15, 0.2) is 82.1 Å². The lowest BCUT2D eigenvalue weighted by Gasteiger charge is -2.43. The van der Waals surface area contributed by atoms with Crippen LogP contribution in [-0.4, -0.2) is 33.2 Å².